The van der Waals surface area contributed by atoms with Gasteiger partial charge in [-0.05, 0) is 40.3 Å². The molecule has 0 saturated carbocycles. The number of alkyl halides is 3. The molecule has 0 spiro atoms. The summed E-state index contributed by atoms with van der Waals surface area (Å²) < 4.78 is 70.5. The number of benzene rings is 2. The van der Waals surface area contributed by atoms with Crippen molar-refractivity contribution in [3.63, 3.8) is 0 Å². The summed E-state index contributed by atoms with van der Waals surface area (Å²) >= 11 is 0. The molecule has 0 saturated heterocycles. The van der Waals surface area contributed by atoms with E-state index >= 15 is 0 Å². The quantitative estimate of drug-likeness (QED) is 0.389. The third kappa shape index (κ3) is 4.59. The second-order valence-corrected chi connectivity index (χ2v) is 10.4. The fourth-order valence-electron chi connectivity index (χ4n) is 3.49. The van der Waals surface area contributed by atoms with Crippen molar-refractivity contribution in [1.82, 2.24) is 9.38 Å². The smallest absolute Gasteiger partial charge is 0.285 e. The average Bonchev–Trinajstić information content (AvgIpc) is 3.14. The van der Waals surface area contributed by atoms with Crippen molar-refractivity contribution in [1.29, 1.82) is 0 Å². The van der Waals surface area contributed by atoms with Crippen LogP contribution in [0, 0.1) is 0 Å². The second-order valence-electron chi connectivity index (χ2n) is 8.72. The van der Waals surface area contributed by atoms with Gasteiger partial charge in [-0.3, -0.25) is 9.12 Å². The molecule has 33 heavy (non-hydrogen) atoms. The maximum atomic E-state index is 13.9. The standard InChI is InChI=1S/C24H22F3N3O2S/c1-23(2,3)18-11-9-16(10-12-18)17-13-20(24(25,26)27)22-28-14-21(30(22)15-17)29-33(31,32)19-7-5-4-6-8-19/h4-15,29H,1-3H3. The zero-order chi connectivity index (χ0) is 24.0. The van der Waals surface area contributed by atoms with Crippen LogP contribution in [0.2, 0.25) is 0 Å². The van der Waals surface area contributed by atoms with Crippen molar-refractivity contribution in [3.8, 4) is 11.1 Å². The lowest BCUT2D eigenvalue weighted by atomic mass is 9.86. The minimum atomic E-state index is -4.68. The zero-order valence-corrected chi connectivity index (χ0v) is 19.0. The topological polar surface area (TPSA) is 63.5 Å². The van der Waals surface area contributed by atoms with Gasteiger partial charge in [0.05, 0.1) is 16.7 Å². The predicted molar refractivity (Wildman–Crippen MR) is 122 cm³/mol. The number of rotatable bonds is 4. The van der Waals surface area contributed by atoms with Crippen molar-refractivity contribution >= 4 is 21.5 Å². The van der Waals surface area contributed by atoms with Crippen molar-refractivity contribution in [2.75, 3.05) is 4.72 Å². The Morgan fingerprint density at radius 3 is 2.12 bits per heavy atom. The summed E-state index contributed by atoms with van der Waals surface area (Å²) in [6, 6.07) is 15.9. The Balaban J connectivity index is 1.85. The first kappa shape index (κ1) is 22.8. The van der Waals surface area contributed by atoms with Crippen molar-refractivity contribution in [3.05, 3.63) is 84.2 Å². The van der Waals surface area contributed by atoms with Gasteiger partial charge in [0, 0.05) is 6.20 Å². The third-order valence-electron chi connectivity index (χ3n) is 5.29. The van der Waals surface area contributed by atoms with Crippen molar-refractivity contribution in [2.45, 2.75) is 37.3 Å². The van der Waals surface area contributed by atoms with Gasteiger partial charge in [-0.15, -0.1) is 0 Å². The van der Waals surface area contributed by atoms with Crippen LogP contribution in [0.1, 0.15) is 31.9 Å². The highest BCUT2D eigenvalue weighted by Crippen LogP contribution is 2.37. The maximum absolute atomic E-state index is 13.9. The lowest BCUT2D eigenvalue weighted by Gasteiger charge is -2.19. The minimum absolute atomic E-state index is 0.00933. The van der Waals surface area contributed by atoms with E-state index in [0.29, 0.717) is 5.56 Å². The lowest BCUT2D eigenvalue weighted by molar-refractivity contribution is -0.136. The first-order chi connectivity index (χ1) is 15.4. The van der Waals surface area contributed by atoms with E-state index in [2.05, 4.69) is 9.71 Å². The zero-order valence-electron chi connectivity index (χ0n) is 18.2. The van der Waals surface area contributed by atoms with Crippen LogP contribution < -0.4 is 4.72 Å². The van der Waals surface area contributed by atoms with Gasteiger partial charge in [0.1, 0.15) is 5.82 Å². The van der Waals surface area contributed by atoms with E-state index in [1.165, 1.54) is 18.3 Å². The first-order valence-corrected chi connectivity index (χ1v) is 11.6. The molecule has 0 bridgehead atoms. The van der Waals surface area contributed by atoms with Crippen LogP contribution in [0.5, 0.6) is 0 Å². The van der Waals surface area contributed by atoms with Crippen LogP contribution in [-0.4, -0.2) is 17.8 Å². The highest BCUT2D eigenvalue weighted by Gasteiger charge is 2.35. The van der Waals surface area contributed by atoms with Gasteiger partial charge >= 0.3 is 6.18 Å². The molecule has 4 aromatic rings. The molecular weight excluding hydrogens is 451 g/mol. The van der Waals surface area contributed by atoms with E-state index in [1.54, 1.807) is 30.3 Å². The molecule has 5 nitrogen and oxygen atoms in total. The molecule has 0 amide bonds. The monoisotopic (exact) mass is 473 g/mol. The van der Waals surface area contributed by atoms with E-state index in [9.17, 15) is 21.6 Å². The Hall–Kier alpha value is -3.33. The van der Waals surface area contributed by atoms with Gasteiger partial charge in [0.25, 0.3) is 10.0 Å². The molecule has 0 aliphatic heterocycles. The lowest BCUT2D eigenvalue weighted by Crippen LogP contribution is -2.15. The van der Waals surface area contributed by atoms with Gasteiger partial charge in [-0.1, -0.05) is 63.2 Å². The molecule has 0 radical (unpaired) electrons. The summed E-state index contributed by atoms with van der Waals surface area (Å²) in [5.74, 6) is -0.0903. The summed E-state index contributed by atoms with van der Waals surface area (Å²) in [7, 11) is -4.01. The van der Waals surface area contributed by atoms with Gasteiger partial charge in [-0.2, -0.15) is 13.2 Å². The SMILES string of the molecule is CC(C)(C)c1ccc(-c2cc(C(F)(F)F)c3ncc(NS(=O)(=O)c4ccccc4)n3c2)cc1. The molecule has 0 atom stereocenters. The number of halogens is 3. The van der Waals surface area contributed by atoms with Gasteiger partial charge in [0.2, 0.25) is 0 Å². The number of hydrogen-bond donors (Lipinski definition) is 1. The average molecular weight is 474 g/mol. The number of hydrogen-bond acceptors (Lipinski definition) is 3. The number of nitrogens with zero attached hydrogens (tertiary/aromatic N) is 2. The van der Waals surface area contributed by atoms with Crippen LogP contribution in [0.3, 0.4) is 0 Å². The normalized spacial score (nSPS) is 12.8. The molecule has 0 fully saturated rings. The van der Waals surface area contributed by atoms with E-state index in [-0.39, 0.29) is 27.3 Å². The minimum Gasteiger partial charge on any atom is -0.285 e. The molecule has 2 aromatic carbocycles. The van der Waals surface area contributed by atoms with Crippen LogP contribution in [0.25, 0.3) is 16.8 Å². The number of sulfonamides is 1. The highest BCUT2D eigenvalue weighted by atomic mass is 32.2. The number of imidazole rings is 1. The van der Waals surface area contributed by atoms with Crippen molar-refractivity contribution < 1.29 is 21.6 Å². The molecule has 2 aromatic heterocycles. The highest BCUT2D eigenvalue weighted by molar-refractivity contribution is 7.92. The summed E-state index contributed by atoms with van der Waals surface area (Å²) in [4.78, 5) is 3.85. The summed E-state index contributed by atoms with van der Waals surface area (Å²) in [5, 5.41) is 0. The number of anilines is 1. The summed E-state index contributed by atoms with van der Waals surface area (Å²) in [6.07, 6.45) is -2.15. The van der Waals surface area contributed by atoms with E-state index in [4.69, 9.17) is 0 Å². The van der Waals surface area contributed by atoms with E-state index in [0.717, 1.165) is 22.2 Å². The molecule has 172 valence electrons. The fourth-order valence-corrected chi connectivity index (χ4v) is 4.55. The number of nitrogens with one attached hydrogen (secondary N) is 1. The molecule has 0 aliphatic carbocycles. The Kier molecular flexibility index (Phi) is 5.48. The predicted octanol–water partition coefficient (Wildman–Crippen LogP) is 6.12. The van der Waals surface area contributed by atoms with Crippen LogP contribution in [0.15, 0.2) is 78.0 Å². The van der Waals surface area contributed by atoms with Crippen LogP contribution >= 0.6 is 0 Å². The van der Waals surface area contributed by atoms with Crippen molar-refractivity contribution in [2.24, 2.45) is 0 Å². The van der Waals surface area contributed by atoms with Gasteiger partial charge in [-0.25, -0.2) is 13.4 Å². The summed E-state index contributed by atoms with van der Waals surface area (Å²) in [6.45, 7) is 6.14. The number of fused-ring (bicyclic) bond motifs is 1. The van der Waals surface area contributed by atoms with E-state index < -0.39 is 21.8 Å². The molecule has 1 N–H and O–H groups in total. The third-order valence-corrected chi connectivity index (χ3v) is 6.66. The molecule has 0 aliphatic rings. The first-order valence-electron chi connectivity index (χ1n) is 10.1. The summed E-state index contributed by atoms with van der Waals surface area (Å²) in [5.41, 5.74) is 0.456. The number of aromatic nitrogens is 2. The molecule has 0 unspecified atom stereocenters. The Morgan fingerprint density at radius 1 is 0.909 bits per heavy atom. The van der Waals surface area contributed by atoms with Gasteiger partial charge in [0.15, 0.2) is 5.65 Å². The van der Waals surface area contributed by atoms with Crippen LogP contribution in [-0.2, 0) is 21.6 Å². The van der Waals surface area contributed by atoms with Gasteiger partial charge < -0.3 is 0 Å². The fraction of sp³-hybridized carbons (Fsp3) is 0.208. The maximum Gasteiger partial charge on any atom is 0.420 e. The molecular formula is C24H22F3N3O2S. The molecule has 9 heteroatoms. The Bertz CT molecular complexity index is 1400. The van der Waals surface area contributed by atoms with E-state index in [1.807, 2.05) is 32.9 Å². The molecule has 4 rings (SSSR count). The Morgan fingerprint density at radius 2 is 1.55 bits per heavy atom. The largest absolute Gasteiger partial charge is 0.420 e. The van der Waals surface area contributed by atoms with Crippen LogP contribution in [0.4, 0.5) is 19.0 Å². The molecule has 2 heterocycles. The number of pyridine rings is 1. The second kappa shape index (κ2) is 7.91. The Labute approximate surface area is 190 Å².